The molecule has 22 heavy (non-hydrogen) atoms. The topological polar surface area (TPSA) is 91.7 Å². The molecule has 0 aromatic carbocycles. The van der Waals surface area contributed by atoms with E-state index in [1.54, 1.807) is 6.92 Å². The molecule has 0 aromatic rings. The summed E-state index contributed by atoms with van der Waals surface area (Å²) in [5, 5.41) is 17.5. The number of carboxylic acids is 2. The monoisotopic (exact) mass is 314 g/mol. The lowest BCUT2D eigenvalue weighted by molar-refractivity contribution is -0.141. The van der Waals surface area contributed by atoms with E-state index in [-0.39, 0.29) is 35.9 Å². The zero-order chi connectivity index (χ0) is 17.3. The molecule has 0 aromatic heterocycles. The summed E-state index contributed by atoms with van der Waals surface area (Å²) in [6.07, 6.45) is 3.23. The molecular weight excluding hydrogens is 284 g/mol. The smallest absolute Gasteiger partial charge is 0.306 e. The molecule has 0 fully saturated rings. The standard InChI is InChI=1S/C17H30O5/c1-11(10-14(4)17(21)22)5-7-15(18)13(3)9-12(2)6-8-16(19)20/h11-14H,5-10H2,1-4H3,(H,19,20)(H,21,22). The SMILES string of the molecule is CC(CCC(=O)C(C)CC(C)CCC(=O)O)CC(C)C(=O)O. The molecule has 5 nitrogen and oxygen atoms in total. The van der Waals surface area contributed by atoms with E-state index in [4.69, 9.17) is 10.2 Å². The van der Waals surface area contributed by atoms with Gasteiger partial charge in [0.1, 0.15) is 5.78 Å². The van der Waals surface area contributed by atoms with Gasteiger partial charge in [-0.05, 0) is 37.5 Å². The summed E-state index contributed by atoms with van der Waals surface area (Å²) in [6.45, 7) is 7.54. The maximum absolute atomic E-state index is 12.1. The zero-order valence-corrected chi connectivity index (χ0v) is 14.2. The largest absolute Gasteiger partial charge is 0.481 e. The van der Waals surface area contributed by atoms with Crippen molar-refractivity contribution in [2.24, 2.45) is 23.7 Å². The number of hydrogen-bond donors (Lipinski definition) is 2. The lowest BCUT2D eigenvalue weighted by atomic mass is 9.87. The van der Waals surface area contributed by atoms with Crippen molar-refractivity contribution in [1.29, 1.82) is 0 Å². The molecular formula is C17H30O5. The Labute approximate surface area is 133 Å². The van der Waals surface area contributed by atoms with E-state index in [9.17, 15) is 14.4 Å². The van der Waals surface area contributed by atoms with Crippen LogP contribution in [0.15, 0.2) is 0 Å². The van der Waals surface area contributed by atoms with Crippen LogP contribution in [0.3, 0.4) is 0 Å². The van der Waals surface area contributed by atoms with Gasteiger partial charge in [-0.15, -0.1) is 0 Å². The number of hydrogen-bond acceptors (Lipinski definition) is 3. The number of carbonyl (C=O) groups excluding carboxylic acids is 1. The van der Waals surface area contributed by atoms with Crippen molar-refractivity contribution in [3.63, 3.8) is 0 Å². The molecule has 0 amide bonds. The molecule has 5 heteroatoms. The van der Waals surface area contributed by atoms with Crippen LogP contribution in [0.2, 0.25) is 0 Å². The van der Waals surface area contributed by atoms with Crippen LogP contribution in [0.4, 0.5) is 0 Å². The van der Waals surface area contributed by atoms with E-state index >= 15 is 0 Å². The van der Waals surface area contributed by atoms with E-state index in [1.165, 1.54) is 0 Å². The van der Waals surface area contributed by atoms with Crippen LogP contribution in [0, 0.1) is 23.7 Å². The number of rotatable bonds is 12. The summed E-state index contributed by atoms with van der Waals surface area (Å²) in [5.41, 5.74) is 0. The Kier molecular flexibility index (Phi) is 9.70. The van der Waals surface area contributed by atoms with Crippen LogP contribution in [0.5, 0.6) is 0 Å². The highest BCUT2D eigenvalue weighted by atomic mass is 16.4. The van der Waals surface area contributed by atoms with E-state index in [0.29, 0.717) is 32.1 Å². The minimum absolute atomic E-state index is 0.0621. The lowest BCUT2D eigenvalue weighted by Gasteiger charge is -2.18. The van der Waals surface area contributed by atoms with Gasteiger partial charge in [0.2, 0.25) is 0 Å². The second-order valence-corrected chi connectivity index (χ2v) is 6.76. The Hall–Kier alpha value is -1.39. The molecule has 0 bridgehead atoms. The maximum atomic E-state index is 12.1. The second kappa shape index (κ2) is 10.4. The molecule has 0 spiro atoms. The first-order valence-corrected chi connectivity index (χ1v) is 8.10. The highest BCUT2D eigenvalue weighted by molar-refractivity contribution is 5.80. The maximum Gasteiger partial charge on any atom is 0.306 e. The average molecular weight is 314 g/mol. The predicted octanol–water partition coefficient (Wildman–Crippen LogP) is 3.61. The second-order valence-electron chi connectivity index (χ2n) is 6.76. The minimum Gasteiger partial charge on any atom is -0.481 e. The predicted molar refractivity (Wildman–Crippen MR) is 84.6 cm³/mol. The Morgan fingerprint density at radius 1 is 0.773 bits per heavy atom. The Morgan fingerprint density at radius 3 is 1.68 bits per heavy atom. The Morgan fingerprint density at radius 2 is 1.23 bits per heavy atom. The fourth-order valence-electron chi connectivity index (χ4n) is 2.68. The van der Waals surface area contributed by atoms with Gasteiger partial charge in [-0.25, -0.2) is 0 Å². The molecule has 0 aliphatic carbocycles. The summed E-state index contributed by atoms with van der Waals surface area (Å²) in [7, 11) is 0. The minimum atomic E-state index is -0.799. The molecule has 4 atom stereocenters. The first kappa shape index (κ1) is 20.6. The third-order valence-electron chi connectivity index (χ3n) is 4.22. The summed E-state index contributed by atoms with van der Waals surface area (Å²) < 4.78 is 0. The van der Waals surface area contributed by atoms with Crippen LogP contribution in [0.1, 0.15) is 66.2 Å². The summed E-state index contributed by atoms with van der Waals surface area (Å²) >= 11 is 0. The van der Waals surface area contributed by atoms with E-state index in [0.717, 1.165) is 0 Å². The summed E-state index contributed by atoms with van der Waals surface area (Å²) in [6, 6.07) is 0. The van der Waals surface area contributed by atoms with Crippen LogP contribution in [0.25, 0.3) is 0 Å². The number of ketones is 1. The molecule has 128 valence electrons. The molecule has 0 heterocycles. The van der Waals surface area contributed by atoms with Crippen LogP contribution >= 0.6 is 0 Å². The van der Waals surface area contributed by atoms with Crippen LogP contribution in [-0.2, 0) is 14.4 Å². The van der Waals surface area contributed by atoms with Crippen LogP contribution < -0.4 is 0 Å². The molecule has 0 aliphatic heterocycles. The highest BCUT2D eigenvalue weighted by Crippen LogP contribution is 2.22. The Bertz CT molecular complexity index is 377. The van der Waals surface area contributed by atoms with Crippen molar-refractivity contribution in [3.05, 3.63) is 0 Å². The molecule has 4 unspecified atom stereocenters. The number of carbonyl (C=O) groups is 3. The van der Waals surface area contributed by atoms with Crippen LogP contribution in [-0.4, -0.2) is 27.9 Å². The van der Waals surface area contributed by atoms with Gasteiger partial charge in [0.25, 0.3) is 0 Å². The molecule has 0 saturated heterocycles. The van der Waals surface area contributed by atoms with Crippen molar-refractivity contribution in [2.45, 2.75) is 66.2 Å². The van der Waals surface area contributed by atoms with E-state index in [1.807, 2.05) is 20.8 Å². The first-order chi connectivity index (χ1) is 10.1. The van der Waals surface area contributed by atoms with Crippen molar-refractivity contribution >= 4 is 17.7 Å². The summed E-state index contributed by atoms with van der Waals surface area (Å²) in [5.74, 6) is -1.40. The third-order valence-corrected chi connectivity index (χ3v) is 4.22. The first-order valence-electron chi connectivity index (χ1n) is 8.10. The number of carboxylic acid groups (broad SMARTS) is 2. The van der Waals surface area contributed by atoms with Gasteiger partial charge in [0.05, 0.1) is 5.92 Å². The van der Waals surface area contributed by atoms with Gasteiger partial charge < -0.3 is 10.2 Å². The highest BCUT2D eigenvalue weighted by Gasteiger charge is 2.19. The van der Waals surface area contributed by atoms with E-state index < -0.39 is 11.9 Å². The molecule has 0 radical (unpaired) electrons. The van der Waals surface area contributed by atoms with E-state index in [2.05, 4.69) is 0 Å². The van der Waals surface area contributed by atoms with Crippen molar-refractivity contribution in [1.82, 2.24) is 0 Å². The fourth-order valence-corrected chi connectivity index (χ4v) is 2.68. The molecule has 2 N–H and O–H groups in total. The number of Topliss-reactive ketones (excluding diaryl/α,β-unsaturated/α-hetero) is 1. The summed E-state index contributed by atoms with van der Waals surface area (Å²) in [4.78, 5) is 33.4. The van der Waals surface area contributed by atoms with Gasteiger partial charge in [-0.3, -0.25) is 14.4 Å². The van der Waals surface area contributed by atoms with Gasteiger partial charge in [0, 0.05) is 18.8 Å². The van der Waals surface area contributed by atoms with Crippen molar-refractivity contribution in [3.8, 4) is 0 Å². The molecule has 0 saturated carbocycles. The third kappa shape index (κ3) is 9.53. The lowest BCUT2D eigenvalue weighted by Crippen LogP contribution is -2.17. The van der Waals surface area contributed by atoms with Crippen molar-refractivity contribution in [2.75, 3.05) is 0 Å². The van der Waals surface area contributed by atoms with Gasteiger partial charge in [0.15, 0.2) is 0 Å². The Balaban J connectivity index is 4.04. The van der Waals surface area contributed by atoms with Crippen molar-refractivity contribution < 1.29 is 24.6 Å². The van der Waals surface area contributed by atoms with Gasteiger partial charge in [-0.1, -0.05) is 27.7 Å². The fraction of sp³-hybridized carbons (Fsp3) is 0.824. The number of aliphatic carboxylic acids is 2. The van der Waals surface area contributed by atoms with Gasteiger partial charge >= 0.3 is 11.9 Å². The molecule has 0 aliphatic rings. The quantitative estimate of drug-likeness (QED) is 0.574. The molecule has 0 rings (SSSR count). The van der Waals surface area contributed by atoms with Gasteiger partial charge in [-0.2, -0.15) is 0 Å². The average Bonchev–Trinajstić information content (AvgIpc) is 2.42. The zero-order valence-electron chi connectivity index (χ0n) is 14.2. The normalized spacial score (nSPS) is 16.5.